The van der Waals surface area contributed by atoms with Gasteiger partial charge in [-0.3, -0.25) is 0 Å². The quantitative estimate of drug-likeness (QED) is 0.788. The van der Waals surface area contributed by atoms with Gasteiger partial charge in [-0.15, -0.1) is 0 Å². The van der Waals surface area contributed by atoms with E-state index in [-0.39, 0.29) is 0 Å². The van der Waals surface area contributed by atoms with Crippen LogP contribution in [0, 0.1) is 0 Å². The number of nitrogens with zero attached hydrogens (tertiary/aromatic N) is 3. The standard InChI is InChI=1S/C14H16ClN3O/c1-10(19-3)8-9-13-16-14(18(2)17-13)11-6-4-5-7-12(11)15/h4-7H,1,8-9H2,2-3H3. The molecule has 0 saturated carbocycles. The van der Waals surface area contributed by atoms with Gasteiger partial charge in [0, 0.05) is 25.5 Å². The molecular weight excluding hydrogens is 262 g/mol. The van der Waals surface area contributed by atoms with Crippen LogP contribution in [0.5, 0.6) is 0 Å². The molecule has 0 atom stereocenters. The predicted molar refractivity (Wildman–Crippen MR) is 75.9 cm³/mol. The maximum atomic E-state index is 6.17. The van der Waals surface area contributed by atoms with Gasteiger partial charge < -0.3 is 4.74 Å². The number of hydrogen-bond donors (Lipinski definition) is 0. The van der Waals surface area contributed by atoms with Crippen molar-refractivity contribution in [2.24, 2.45) is 7.05 Å². The summed E-state index contributed by atoms with van der Waals surface area (Å²) in [4.78, 5) is 4.52. The van der Waals surface area contributed by atoms with E-state index in [2.05, 4.69) is 16.7 Å². The first-order chi connectivity index (χ1) is 9.11. The average molecular weight is 278 g/mol. The molecule has 1 aromatic heterocycles. The molecule has 0 bridgehead atoms. The van der Waals surface area contributed by atoms with Crippen molar-refractivity contribution < 1.29 is 4.74 Å². The monoisotopic (exact) mass is 277 g/mol. The number of aryl methyl sites for hydroxylation is 2. The lowest BCUT2D eigenvalue weighted by Gasteiger charge is -2.01. The van der Waals surface area contributed by atoms with Gasteiger partial charge in [-0.05, 0) is 12.1 Å². The van der Waals surface area contributed by atoms with E-state index in [0.29, 0.717) is 17.9 Å². The first-order valence-corrected chi connectivity index (χ1v) is 6.36. The van der Waals surface area contributed by atoms with E-state index in [1.165, 1.54) is 0 Å². The molecule has 100 valence electrons. The summed E-state index contributed by atoms with van der Waals surface area (Å²) < 4.78 is 6.78. The Morgan fingerprint density at radius 1 is 1.42 bits per heavy atom. The maximum absolute atomic E-state index is 6.17. The molecule has 5 heteroatoms. The molecule has 0 radical (unpaired) electrons. The Hall–Kier alpha value is -1.81. The molecule has 1 aromatic carbocycles. The SMILES string of the molecule is C=C(CCc1nc(-c2ccccc2Cl)n(C)n1)OC. The predicted octanol–water partition coefficient (Wildman–Crippen LogP) is 3.23. The molecule has 0 aliphatic heterocycles. The van der Waals surface area contributed by atoms with Gasteiger partial charge in [0.25, 0.3) is 0 Å². The smallest absolute Gasteiger partial charge is 0.159 e. The lowest BCUT2D eigenvalue weighted by molar-refractivity contribution is 0.278. The summed E-state index contributed by atoms with van der Waals surface area (Å²) in [6, 6.07) is 7.61. The summed E-state index contributed by atoms with van der Waals surface area (Å²) in [5.74, 6) is 2.26. The van der Waals surface area contributed by atoms with Crippen molar-refractivity contribution in [2.45, 2.75) is 12.8 Å². The second-order valence-corrected chi connectivity index (χ2v) is 4.61. The third kappa shape index (κ3) is 3.15. The molecule has 19 heavy (non-hydrogen) atoms. The highest BCUT2D eigenvalue weighted by atomic mass is 35.5. The van der Waals surface area contributed by atoms with Gasteiger partial charge in [-0.1, -0.05) is 30.3 Å². The Morgan fingerprint density at radius 3 is 2.84 bits per heavy atom. The van der Waals surface area contributed by atoms with E-state index >= 15 is 0 Å². The zero-order valence-electron chi connectivity index (χ0n) is 11.1. The fourth-order valence-corrected chi connectivity index (χ4v) is 1.99. The van der Waals surface area contributed by atoms with Gasteiger partial charge in [0.1, 0.15) is 0 Å². The van der Waals surface area contributed by atoms with Crippen LogP contribution in [0.15, 0.2) is 36.6 Å². The summed E-state index contributed by atoms with van der Waals surface area (Å²) in [6.45, 7) is 3.78. The van der Waals surface area contributed by atoms with Gasteiger partial charge in [-0.25, -0.2) is 9.67 Å². The molecule has 2 rings (SSSR count). The van der Waals surface area contributed by atoms with Gasteiger partial charge in [0.15, 0.2) is 11.6 Å². The molecule has 0 saturated heterocycles. The van der Waals surface area contributed by atoms with E-state index in [0.717, 1.165) is 23.0 Å². The van der Waals surface area contributed by atoms with Crippen LogP contribution in [0.25, 0.3) is 11.4 Å². The highest BCUT2D eigenvalue weighted by molar-refractivity contribution is 6.33. The third-order valence-corrected chi connectivity index (χ3v) is 3.17. The average Bonchev–Trinajstić information content (AvgIpc) is 2.77. The van der Waals surface area contributed by atoms with Gasteiger partial charge in [-0.2, -0.15) is 5.10 Å². The normalized spacial score (nSPS) is 10.5. The molecule has 0 aliphatic carbocycles. The van der Waals surface area contributed by atoms with Crippen LogP contribution in [-0.4, -0.2) is 21.9 Å². The number of halogens is 1. The molecule has 1 heterocycles. The summed E-state index contributed by atoms with van der Waals surface area (Å²) in [5, 5.41) is 5.06. The van der Waals surface area contributed by atoms with Crippen molar-refractivity contribution in [3.05, 3.63) is 47.5 Å². The van der Waals surface area contributed by atoms with Crippen LogP contribution in [-0.2, 0) is 18.2 Å². The number of ether oxygens (including phenoxy) is 1. The van der Waals surface area contributed by atoms with E-state index in [9.17, 15) is 0 Å². The summed E-state index contributed by atoms with van der Waals surface area (Å²) in [7, 11) is 3.48. The summed E-state index contributed by atoms with van der Waals surface area (Å²) in [5.41, 5.74) is 0.885. The third-order valence-electron chi connectivity index (χ3n) is 2.84. The molecule has 0 N–H and O–H groups in total. The van der Waals surface area contributed by atoms with Crippen LogP contribution in [0.3, 0.4) is 0 Å². The van der Waals surface area contributed by atoms with E-state index in [4.69, 9.17) is 16.3 Å². The first-order valence-electron chi connectivity index (χ1n) is 5.98. The van der Waals surface area contributed by atoms with Crippen molar-refractivity contribution in [3.63, 3.8) is 0 Å². The number of allylic oxidation sites excluding steroid dienone is 1. The maximum Gasteiger partial charge on any atom is 0.159 e. The lowest BCUT2D eigenvalue weighted by Crippen LogP contribution is -1.95. The molecule has 0 aliphatic rings. The number of rotatable bonds is 5. The molecule has 0 unspecified atom stereocenters. The van der Waals surface area contributed by atoms with Crippen molar-refractivity contribution in [1.82, 2.24) is 14.8 Å². The second kappa shape index (κ2) is 5.89. The minimum atomic E-state index is 0.672. The number of hydrogen-bond acceptors (Lipinski definition) is 3. The minimum absolute atomic E-state index is 0.672. The topological polar surface area (TPSA) is 39.9 Å². The fraction of sp³-hybridized carbons (Fsp3) is 0.286. The van der Waals surface area contributed by atoms with Crippen LogP contribution in [0.4, 0.5) is 0 Å². The van der Waals surface area contributed by atoms with Crippen molar-refractivity contribution in [1.29, 1.82) is 0 Å². The van der Waals surface area contributed by atoms with Crippen molar-refractivity contribution in [2.75, 3.05) is 7.11 Å². The van der Waals surface area contributed by atoms with E-state index in [1.54, 1.807) is 11.8 Å². The molecule has 2 aromatic rings. The zero-order chi connectivity index (χ0) is 13.8. The Balaban J connectivity index is 2.22. The number of methoxy groups -OCH3 is 1. The molecular formula is C14H16ClN3O. The Labute approximate surface area is 117 Å². The zero-order valence-corrected chi connectivity index (χ0v) is 11.8. The summed E-state index contributed by atoms with van der Waals surface area (Å²) in [6.07, 6.45) is 1.41. The molecule has 0 fully saturated rings. The Kier molecular flexibility index (Phi) is 4.22. The highest BCUT2D eigenvalue weighted by Crippen LogP contribution is 2.25. The largest absolute Gasteiger partial charge is 0.502 e. The van der Waals surface area contributed by atoms with Gasteiger partial charge in [0.2, 0.25) is 0 Å². The van der Waals surface area contributed by atoms with Crippen LogP contribution in [0.2, 0.25) is 5.02 Å². The Morgan fingerprint density at radius 2 is 2.16 bits per heavy atom. The molecule has 0 amide bonds. The number of benzene rings is 1. The summed E-state index contributed by atoms with van der Waals surface area (Å²) >= 11 is 6.17. The van der Waals surface area contributed by atoms with Gasteiger partial charge in [0.05, 0.1) is 17.9 Å². The minimum Gasteiger partial charge on any atom is -0.502 e. The van der Waals surface area contributed by atoms with E-state index < -0.39 is 0 Å². The first kappa shape index (κ1) is 13.6. The highest BCUT2D eigenvalue weighted by Gasteiger charge is 2.12. The number of aromatic nitrogens is 3. The molecule has 0 spiro atoms. The van der Waals surface area contributed by atoms with Crippen LogP contribution >= 0.6 is 11.6 Å². The Bertz CT molecular complexity index is 592. The fourth-order valence-electron chi connectivity index (χ4n) is 1.77. The van der Waals surface area contributed by atoms with E-state index in [1.807, 2.05) is 31.3 Å². The lowest BCUT2D eigenvalue weighted by atomic mass is 10.2. The van der Waals surface area contributed by atoms with Crippen molar-refractivity contribution in [3.8, 4) is 11.4 Å². The molecule has 4 nitrogen and oxygen atoms in total. The van der Waals surface area contributed by atoms with Crippen LogP contribution < -0.4 is 0 Å². The van der Waals surface area contributed by atoms with Gasteiger partial charge >= 0.3 is 0 Å². The van der Waals surface area contributed by atoms with Crippen molar-refractivity contribution >= 4 is 11.6 Å². The second-order valence-electron chi connectivity index (χ2n) is 4.20. The van der Waals surface area contributed by atoms with Crippen LogP contribution in [0.1, 0.15) is 12.2 Å².